The van der Waals surface area contributed by atoms with Gasteiger partial charge in [-0.05, 0) is 12.3 Å². The van der Waals surface area contributed by atoms with Crippen LogP contribution < -0.4 is 16.1 Å². The number of nitrogens with two attached hydrogens (primary N) is 1. The van der Waals surface area contributed by atoms with Gasteiger partial charge in [-0.25, -0.2) is 14.5 Å². The van der Waals surface area contributed by atoms with Crippen molar-refractivity contribution in [3.63, 3.8) is 0 Å². The molecule has 2 aromatic heterocycles. The van der Waals surface area contributed by atoms with Crippen molar-refractivity contribution < 1.29 is 27.7 Å². The monoisotopic (exact) mass is 501 g/mol. The number of hydrogen-bond donors (Lipinski definition) is 3. The molecule has 0 amide bonds. The lowest BCUT2D eigenvalue weighted by atomic mass is 9.99. The standard InChI is InChI=1S/C20H33FN7O5P/c1-11-7-20(21,9-32-34(30)27-12(2)17(29)31-8-19(3,4)5)33-16(11)28-10-24-13-14(23-6)25-18(22)26-15(13)28/h10-12,16,34H,7-9H2,1-6H3,(H,27,30)(H3,22,23,25,26)/t11-,12+,16+,20-/m0/s1. The lowest BCUT2D eigenvalue weighted by molar-refractivity contribution is -0.172. The molecule has 3 rings (SSSR count). The summed E-state index contributed by atoms with van der Waals surface area (Å²) in [6.07, 6.45) is 0.747. The number of nitrogens with one attached hydrogen (secondary N) is 2. The summed E-state index contributed by atoms with van der Waals surface area (Å²) in [7, 11) is -1.25. The van der Waals surface area contributed by atoms with Crippen molar-refractivity contribution in [2.24, 2.45) is 11.3 Å². The van der Waals surface area contributed by atoms with E-state index in [1.54, 1.807) is 11.6 Å². The van der Waals surface area contributed by atoms with E-state index in [-0.39, 0.29) is 30.3 Å². The molecule has 34 heavy (non-hydrogen) atoms. The van der Waals surface area contributed by atoms with Crippen LogP contribution in [-0.4, -0.2) is 57.6 Å². The topological polar surface area (TPSA) is 156 Å². The number of hydrogen-bond acceptors (Lipinski definition) is 10. The number of imidazole rings is 1. The van der Waals surface area contributed by atoms with Crippen molar-refractivity contribution in [1.29, 1.82) is 0 Å². The third-order valence-corrected chi connectivity index (χ3v) is 6.22. The summed E-state index contributed by atoms with van der Waals surface area (Å²) in [5.41, 5.74) is 6.46. The molecular weight excluding hydrogens is 468 g/mol. The number of alkyl halides is 1. The maximum atomic E-state index is 15.4. The van der Waals surface area contributed by atoms with Crippen molar-refractivity contribution in [3.05, 3.63) is 6.33 Å². The number of anilines is 2. The first-order valence-electron chi connectivity index (χ1n) is 11.0. The highest BCUT2D eigenvalue weighted by Gasteiger charge is 2.47. The summed E-state index contributed by atoms with van der Waals surface area (Å²) in [6, 6.07) is -0.871. The molecule has 14 heteroatoms. The first kappa shape index (κ1) is 26.3. The first-order valence-corrected chi connectivity index (χ1v) is 12.3. The van der Waals surface area contributed by atoms with Gasteiger partial charge < -0.3 is 25.0 Å². The minimum absolute atomic E-state index is 0.00485. The van der Waals surface area contributed by atoms with Crippen molar-refractivity contribution in [3.8, 4) is 0 Å². The van der Waals surface area contributed by atoms with E-state index in [0.717, 1.165) is 0 Å². The summed E-state index contributed by atoms with van der Waals surface area (Å²) < 4.78 is 45.4. The summed E-state index contributed by atoms with van der Waals surface area (Å²) >= 11 is 0. The van der Waals surface area contributed by atoms with Gasteiger partial charge in [0.15, 0.2) is 17.0 Å². The lowest BCUT2D eigenvalue weighted by Crippen LogP contribution is -2.34. The minimum atomic E-state index is -2.93. The first-order chi connectivity index (χ1) is 15.8. The second-order valence-corrected chi connectivity index (χ2v) is 10.8. The minimum Gasteiger partial charge on any atom is -0.464 e. The lowest BCUT2D eigenvalue weighted by Gasteiger charge is -2.22. The maximum absolute atomic E-state index is 15.4. The molecule has 0 spiro atoms. The van der Waals surface area contributed by atoms with Gasteiger partial charge in [0.2, 0.25) is 11.8 Å². The van der Waals surface area contributed by atoms with Crippen LogP contribution in [0.25, 0.3) is 11.2 Å². The van der Waals surface area contributed by atoms with E-state index in [9.17, 15) is 9.36 Å². The second-order valence-electron chi connectivity index (χ2n) is 9.69. The van der Waals surface area contributed by atoms with Gasteiger partial charge in [-0.1, -0.05) is 27.7 Å². The molecule has 3 heterocycles. The average molecular weight is 502 g/mol. The molecule has 1 aliphatic heterocycles. The predicted molar refractivity (Wildman–Crippen MR) is 125 cm³/mol. The normalized spacial score (nSPS) is 24.8. The van der Waals surface area contributed by atoms with Gasteiger partial charge in [0, 0.05) is 19.4 Å². The van der Waals surface area contributed by atoms with Crippen LogP contribution in [0.15, 0.2) is 6.33 Å². The van der Waals surface area contributed by atoms with E-state index in [4.69, 9.17) is 19.7 Å². The van der Waals surface area contributed by atoms with Crippen molar-refractivity contribution >= 4 is 37.1 Å². The Morgan fingerprint density at radius 3 is 2.82 bits per heavy atom. The number of esters is 1. The molecule has 2 aromatic rings. The zero-order chi connectivity index (χ0) is 25.3. The van der Waals surface area contributed by atoms with Crippen molar-refractivity contribution in [1.82, 2.24) is 24.6 Å². The number of rotatable bonds is 9. The summed E-state index contributed by atoms with van der Waals surface area (Å²) in [5.74, 6) is -2.54. The van der Waals surface area contributed by atoms with E-state index in [1.165, 1.54) is 13.3 Å². The summed E-state index contributed by atoms with van der Waals surface area (Å²) in [6.45, 7) is 8.74. The fourth-order valence-electron chi connectivity index (χ4n) is 3.54. The number of carbonyl (C=O) groups is 1. The predicted octanol–water partition coefficient (Wildman–Crippen LogP) is 2.64. The van der Waals surface area contributed by atoms with Crippen LogP contribution in [0.2, 0.25) is 0 Å². The second kappa shape index (κ2) is 10.1. The average Bonchev–Trinajstić information content (AvgIpc) is 3.29. The number of nitrogen functional groups attached to an aromatic ring is 1. The maximum Gasteiger partial charge on any atom is 0.323 e. The van der Waals surface area contributed by atoms with Gasteiger partial charge in [0.25, 0.3) is 8.18 Å². The SMILES string of the molecule is CNc1nc(N)nc2c1ncn2[C@@H]1O[C@](F)(CO[PH](=O)N[C@H](C)C(=O)OCC(C)(C)C)C[C@@H]1C. The quantitative estimate of drug-likeness (QED) is 0.343. The fraction of sp³-hybridized carbons (Fsp3) is 0.700. The summed E-state index contributed by atoms with van der Waals surface area (Å²) in [4.78, 5) is 24.7. The Morgan fingerprint density at radius 1 is 1.47 bits per heavy atom. The van der Waals surface area contributed by atoms with Gasteiger partial charge >= 0.3 is 5.97 Å². The molecule has 1 unspecified atom stereocenters. The molecule has 4 N–H and O–H groups in total. The van der Waals surface area contributed by atoms with Crippen LogP contribution in [0.5, 0.6) is 0 Å². The highest BCUT2D eigenvalue weighted by Crippen LogP contribution is 2.44. The van der Waals surface area contributed by atoms with Gasteiger partial charge in [0.1, 0.15) is 18.9 Å². The molecule has 0 saturated carbocycles. The number of ether oxygens (including phenoxy) is 2. The molecule has 190 valence electrons. The molecule has 1 aliphatic rings. The molecule has 5 atom stereocenters. The Kier molecular flexibility index (Phi) is 7.81. The zero-order valence-corrected chi connectivity index (χ0v) is 21.2. The Morgan fingerprint density at radius 2 is 2.18 bits per heavy atom. The number of aromatic nitrogens is 4. The van der Waals surface area contributed by atoms with E-state index in [1.807, 2.05) is 27.7 Å². The third kappa shape index (κ3) is 6.21. The molecule has 0 aromatic carbocycles. The molecule has 12 nitrogen and oxygen atoms in total. The molecule has 0 bridgehead atoms. The molecule has 1 saturated heterocycles. The Balaban J connectivity index is 1.60. The van der Waals surface area contributed by atoms with Crippen LogP contribution >= 0.6 is 8.18 Å². The van der Waals surface area contributed by atoms with Gasteiger partial charge in [-0.2, -0.15) is 9.97 Å². The Bertz CT molecular complexity index is 1060. The van der Waals surface area contributed by atoms with E-state index < -0.39 is 38.9 Å². The third-order valence-electron chi connectivity index (χ3n) is 5.15. The van der Waals surface area contributed by atoms with Crippen LogP contribution in [0.1, 0.15) is 47.3 Å². The van der Waals surface area contributed by atoms with Crippen LogP contribution in [0.4, 0.5) is 16.2 Å². The summed E-state index contributed by atoms with van der Waals surface area (Å²) in [5, 5.41) is 5.42. The molecule has 0 aliphatic carbocycles. The molecular formula is C20H33FN7O5P. The van der Waals surface area contributed by atoms with Gasteiger partial charge in [-0.3, -0.25) is 13.9 Å². The highest BCUT2D eigenvalue weighted by atomic mass is 31.1. The number of fused-ring (bicyclic) bond motifs is 1. The smallest absolute Gasteiger partial charge is 0.323 e. The van der Waals surface area contributed by atoms with Crippen LogP contribution in [0, 0.1) is 11.3 Å². The number of halogens is 1. The Labute approximate surface area is 198 Å². The number of nitrogens with zero attached hydrogens (tertiary/aromatic N) is 4. The van der Waals surface area contributed by atoms with Crippen molar-refractivity contribution in [2.75, 3.05) is 31.3 Å². The fourth-order valence-corrected chi connectivity index (χ4v) is 4.44. The number of carbonyl (C=O) groups excluding carboxylic acids is 1. The van der Waals surface area contributed by atoms with Gasteiger partial charge in [-0.15, -0.1) is 0 Å². The van der Waals surface area contributed by atoms with Crippen molar-refractivity contribution in [2.45, 2.75) is 59.2 Å². The van der Waals surface area contributed by atoms with Crippen LogP contribution in [-0.2, 0) is 23.4 Å². The zero-order valence-electron chi connectivity index (χ0n) is 20.2. The highest BCUT2D eigenvalue weighted by molar-refractivity contribution is 7.36. The van der Waals surface area contributed by atoms with Crippen LogP contribution in [0.3, 0.4) is 0 Å². The molecule has 0 radical (unpaired) electrons. The largest absolute Gasteiger partial charge is 0.464 e. The molecule has 1 fully saturated rings. The van der Waals surface area contributed by atoms with E-state index in [0.29, 0.717) is 17.0 Å². The van der Waals surface area contributed by atoms with E-state index in [2.05, 4.69) is 25.4 Å². The Hall–Kier alpha value is -2.34. The van der Waals surface area contributed by atoms with Gasteiger partial charge in [0.05, 0.1) is 12.9 Å². The van der Waals surface area contributed by atoms with E-state index >= 15 is 4.39 Å².